The molecular weight excluding hydrogens is 789 g/mol. The number of esters is 1. The smallest absolute Gasteiger partial charge is 0.309 e. The lowest BCUT2D eigenvalue weighted by atomic mass is 9.82. The highest BCUT2D eigenvalue weighted by molar-refractivity contribution is 7.09. The van der Waals surface area contributed by atoms with E-state index in [9.17, 15) is 24.3 Å². The summed E-state index contributed by atoms with van der Waals surface area (Å²) in [5.41, 5.74) is 2.05. The van der Waals surface area contributed by atoms with Gasteiger partial charge < -0.3 is 24.8 Å². The van der Waals surface area contributed by atoms with Crippen molar-refractivity contribution >= 4 is 34.9 Å². The van der Waals surface area contributed by atoms with Crippen LogP contribution in [0.5, 0.6) is 5.75 Å². The molecule has 2 aromatic carbocycles. The van der Waals surface area contributed by atoms with Crippen LogP contribution in [0.25, 0.3) is 0 Å². The molecule has 12 heteroatoms. The van der Waals surface area contributed by atoms with Crippen LogP contribution in [0.15, 0.2) is 60.0 Å². The van der Waals surface area contributed by atoms with Crippen LogP contribution in [0, 0.1) is 23.7 Å². The minimum atomic E-state index is -0.502. The number of hydrogen-bond donors (Lipinski definition) is 2. The minimum Gasteiger partial charge on any atom is -0.508 e. The van der Waals surface area contributed by atoms with E-state index in [-0.39, 0.29) is 72.0 Å². The van der Waals surface area contributed by atoms with Crippen molar-refractivity contribution < 1.29 is 33.8 Å². The minimum absolute atomic E-state index is 0.0352. The largest absolute Gasteiger partial charge is 0.508 e. The Kier molecular flexibility index (Phi) is 20.4. The van der Waals surface area contributed by atoms with Crippen molar-refractivity contribution in [3.05, 3.63) is 81.8 Å². The van der Waals surface area contributed by atoms with E-state index in [2.05, 4.69) is 51.8 Å². The van der Waals surface area contributed by atoms with Gasteiger partial charge in [0.25, 0.3) is 5.91 Å². The van der Waals surface area contributed by atoms with Gasteiger partial charge in [0.05, 0.1) is 12.0 Å². The maximum atomic E-state index is 14.8. The maximum absolute atomic E-state index is 14.8. The summed E-state index contributed by atoms with van der Waals surface area (Å²) in [6.45, 7) is 16.5. The first kappa shape index (κ1) is 49.5. The van der Waals surface area contributed by atoms with Gasteiger partial charge in [-0.25, -0.2) is 4.98 Å². The average molecular weight is 861 g/mol. The van der Waals surface area contributed by atoms with E-state index in [4.69, 9.17) is 14.5 Å². The number of amides is 2. The van der Waals surface area contributed by atoms with Gasteiger partial charge in [0.1, 0.15) is 29.2 Å². The van der Waals surface area contributed by atoms with E-state index in [0.29, 0.717) is 37.4 Å². The van der Waals surface area contributed by atoms with Crippen molar-refractivity contribution in [1.29, 1.82) is 0 Å². The number of aromatic nitrogens is 1. The molecule has 11 nitrogen and oxygen atoms in total. The van der Waals surface area contributed by atoms with Gasteiger partial charge in [-0.15, -0.1) is 11.3 Å². The molecule has 2 N–H and O–H groups in total. The fourth-order valence-electron chi connectivity index (χ4n) is 8.33. The molecule has 1 saturated heterocycles. The normalized spacial score (nSPS) is 17.5. The van der Waals surface area contributed by atoms with Gasteiger partial charge in [0, 0.05) is 49.4 Å². The number of ether oxygens (including phenoxy) is 2. The van der Waals surface area contributed by atoms with Gasteiger partial charge in [0.2, 0.25) is 5.91 Å². The summed E-state index contributed by atoms with van der Waals surface area (Å²) in [5.74, 6) is -1.14. The Hall–Kier alpha value is -4.13. The fourth-order valence-corrected chi connectivity index (χ4v) is 9.19. The highest BCUT2D eigenvalue weighted by Crippen LogP contribution is 2.34. The molecule has 0 unspecified atom stereocenters. The molecular formula is C49H72N4O7S. The Morgan fingerprint density at radius 3 is 2.31 bits per heavy atom. The van der Waals surface area contributed by atoms with Crippen LogP contribution in [0.1, 0.15) is 139 Å². The molecule has 61 heavy (non-hydrogen) atoms. The van der Waals surface area contributed by atoms with E-state index in [1.54, 1.807) is 36.6 Å². The number of Topliss-reactive ketones (excluding diaryl/α,β-unsaturated/α-hetero) is 1. The van der Waals surface area contributed by atoms with Crippen LogP contribution in [0.3, 0.4) is 0 Å². The first-order valence-electron chi connectivity index (χ1n) is 22.7. The summed E-state index contributed by atoms with van der Waals surface area (Å²) in [7, 11) is 2.02. The molecule has 4 rings (SSSR count). The average Bonchev–Trinajstić information content (AvgIpc) is 3.75. The molecule has 0 spiro atoms. The van der Waals surface area contributed by atoms with Crippen LogP contribution >= 0.6 is 11.3 Å². The van der Waals surface area contributed by atoms with E-state index >= 15 is 0 Å². The van der Waals surface area contributed by atoms with Crippen molar-refractivity contribution in [3.8, 4) is 5.75 Å². The third kappa shape index (κ3) is 15.0. The van der Waals surface area contributed by atoms with Crippen molar-refractivity contribution in [2.24, 2.45) is 23.7 Å². The highest BCUT2D eigenvalue weighted by atomic mass is 32.1. The van der Waals surface area contributed by atoms with Crippen LogP contribution in [-0.4, -0.2) is 88.3 Å². The van der Waals surface area contributed by atoms with Gasteiger partial charge in [-0.2, -0.15) is 0 Å². The summed E-state index contributed by atoms with van der Waals surface area (Å²) in [6.07, 6.45) is 6.38. The number of ketones is 1. The molecule has 7 atom stereocenters. The van der Waals surface area contributed by atoms with Crippen LogP contribution in [0.4, 0.5) is 0 Å². The molecule has 0 aliphatic carbocycles. The number of phenols is 1. The van der Waals surface area contributed by atoms with E-state index in [1.165, 1.54) is 11.3 Å². The van der Waals surface area contributed by atoms with Crippen LogP contribution < -0.4 is 5.32 Å². The number of nitrogens with zero attached hydrogens (tertiary/aromatic N) is 3. The summed E-state index contributed by atoms with van der Waals surface area (Å²) < 4.78 is 12.1. The number of piperidine rings is 1. The predicted octanol–water partition coefficient (Wildman–Crippen LogP) is 9.19. The van der Waals surface area contributed by atoms with E-state index < -0.39 is 24.0 Å². The van der Waals surface area contributed by atoms with Gasteiger partial charge >= 0.3 is 5.97 Å². The van der Waals surface area contributed by atoms with Crippen molar-refractivity contribution in [2.75, 3.05) is 26.7 Å². The third-order valence-corrected chi connectivity index (χ3v) is 13.1. The zero-order valence-electron chi connectivity index (χ0n) is 37.9. The zero-order chi connectivity index (χ0) is 44.5. The molecule has 1 aliphatic heterocycles. The number of phenolic OH excluding ortho intramolecular Hbond substituents is 1. The molecule has 0 radical (unpaired) electrons. The number of carbonyl (C=O) groups is 4. The Bertz CT molecular complexity index is 1800. The molecule has 0 saturated carbocycles. The summed E-state index contributed by atoms with van der Waals surface area (Å²) in [5, 5.41) is 15.4. The molecule has 336 valence electrons. The molecule has 1 aromatic heterocycles. The first-order valence-corrected chi connectivity index (χ1v) is 23.5. The quantitative estimate of drug-likeness (QED) is 0.0799. The summed E-state index contributed by atoms with van der Waals surface area (Å²) in [4.78, 5) is 64.7. The van der Waals surface area contributed by atoms with Gasteiger partial charge in [-0.05, 0) is 87.2 Å². The number of thiazole rings is 1. The topological polar surface area (TPSA) is 138 Å². The number of rotatable bonds is 25. The Morgan fingerprint density at radius 1 is 0.951 bits per heavy atom. The fraction of sp³-hybridized carbons (Fsp3) is 0.612. The third-order valence-electron chi connectivity index (χ3n) is 12.2. The van der Waals surface area contributed by atoms with Gasteiger partial charge in [0.15, 0.2) is 5.78 Å². The number of likely N-dealkylation sites (N-methyl/N-ethyl adjacent to an activating group) is 1. The summed E-state index contributed by atoms with van der Waals surface area (Å²) in [6, 6.07) is 15.6. The number of benzene rings is 2. The molecule has 0 bridgehead atoms. The number of aromatic hydroxyl groups is 1. The Balaban J connectivity index is 1.54. The zero-order valence-corrected chi connectivity index (χ0v) is 38.8. The molecule has 1 fully saturated rings. The number of nitrogens with one attached hydrogen (secondary N) is 1. The lowest BCUT2D eigenvalue weighted by Gasteiger charge is -2.40. The van der Waals surface area contributed by atoms with Crippen LogP contribution in [0.2, 0.25) is 0 Å². The highest BCUT2D eigenvalue weighted by Gasteiger charge is 2.38. The standard InChI is InChI=1S/C49H72N4O7S/c1-9-24-53(48(57)40(34(6)11-3)29-44(55)42-19-15-16-25-52(42)8)43(33(4)5)30-45(59-26-10-2)47-51-41(32-61-47)46(56)50-38(28-36-20-22-39(54)23-21-36)27-35(7)49(58)60-31-37-17-13-12-14-18-37/h12-14,17-18,20-23,32-35,38,40,42-43,45,54H,9-11,15-16,19,24-31H2,1-8H3,(H,50,56)/t34-,35-,38+,40-,42+,43+,45+/m0/s1. The Labute approximate surface area is 369 Å². The van der Waals surface area contributed by atoms with E-state index in [0.717, 1.165) is 56.2 Å². The second-order valence-electron chi connectivity index (χ2n) is 17.4. The molecule has 2 amide bonds. The van der Waals surface area contributed by atoms with Crippen LogP contribution in [-0.2, 0) is 36.9 Å². The predicted molar refractivity (Wildman–Crippen MR) is 242 cm³/mol. The van der Waals surface area contributed by atoms with Gasteiger partial charge in [-0.3, -0.25) is 24.1 Å². The summed E-state index contributed by atoms with van der Waals surface area (Å²) >= 11 is 1.37. The lowest BCUT2D eigenvalue weighted by molar-refractivity contribution is -0.149. The SMILES string of the molecule is CCCO[C@H](C[C@H](C(C)C)N(CCC)C(=O)[C@@H](CC(=O)[C@H]1CCCCN1C)[C@@H](C)CC)c1nc(C(=O)N[C@@H](Cc2ccc(O)cc2)C[C@H](C)C(=O)OCc2ccccc2)cs1. The van der Waals surface area contributed by atoms with Crippen molar-refractivity contribution in [2.45, 2.75) is 144 Å². The van der Waals surface area contributed by atoms with Crippen molar-refractivity contribution in [3.63, 3.8) is 0 Å². The number of carbonyl (C=O) groups excluding carboxylic acids is 4. The second kappa shape index (κ2) is 25.1. The molecule has 3 aromatic rings. The van der Waals surface area contributed by atoms with E-state index in [1.807, 2.05) is 42.3 Å². The lowest BCUT2D eigenvalue weighted by Crippen LogP contribution is -2.50. The number of likely N-dealkylation sites (tertiary alicyclic amines) is 1. The maximum Gasteiger partial charge on any atom is 0.309 e. The Morgan fingerprint density at radius 2 is 1.67 bits per heavy atom. The monoisotopic (exact) mass is 861 g/mol. The first-order chi connectivity index (χ1) is 29.3. The van der Waals surface area contributed by atoms with Crippen molar-refractivity contribution in [1.82, 2.24) is 20.1 Å². The second-order valence-corrected chi connectivity index (χ2v) is 18.3. The number of hydrogen-bond acceptors (Lipinski definition) is 10. The van der Waals surface area contributed by atoms with Gasteiger partial charge in [-0.1, -0.05) is 104 Å². The molecule has 1 aliphatic rings. The molecule has 2 heterocycles.